The first kappa shape index (κ1) is 13.5. The minimum atomic E-state index is -1.05. The molecule has 1 unspecified atom stereocenters. The van der Waals surface area contributed by atoms with Crippen LogP contribution in [0.25, 0.3) is 0 Å². The van der Waals surface area contributed by atoms with Crippen molar-refractivity contribution in [3.63, 3.8) is 0 Å². The van der Waals surface area contributed by atoms with Crippen LogP contribution in [0.5, 0.6) is 0 Å². The number of carboxylic acid groups (broad SMARTS) is 1. The predicted octanol–water partition coefficient (Wildman–Crippen LogP) is 1.07. The van der Waals surface area contributed by atoms with Gasteiger partial charge in [0.2, 0.25) is 5.91 Å². The van der Waals surface area contributed by atoms with Crippen molar-refractivity contribution < 1.29 is 14.7 Å². The van der Waals surface area contributed by atoms with Crippen LogP contribution in [0.3, 0.4) is 0 Å². The SMILES string of the molecule is CC1(C(=O)N[C@H](C(=O)O)c2ccccc2)CCCN1. The number of hydrogen-bond donors (Lipinski definition) is 3. The normalized spacial score (nSPS) is 23.8. The highest BCUT2D eigenvalue weighted by molar-refractivity contribution is 5.90. The van der Waals surface area contributed by atoms with Gasteiger partial charge in [-0.25, -0.2) is 4.79 Å². The fourth-order valence-electron chi connectivity index (χ4n) is 2.31. The lowest BCUT2D eigenvalue weighted by Gasteiger charge is -2.25. The van der Waals surface area contributed by atoms with Crippen molar-refractivity contribution >= 4 is 11.9 Å². The van der Waals surface area contributed by atoms with Crippen molar-refractivity contribution in [2.24, 2.45) is 0 Å². The van der Waals surface area contributed by atoms with Crippen LogP contribution in [-0.2, 0) is 9.59 Å². The van der Waals surface area contributed by atoms with E-state index in [2.05, 4.69) is 10.6 Å². The lowest BCUT2D eigenvalue weighted by Crippen LogP contribution is -2.52. The summed E-state index contributed by atoms with van der Waals surface area (Å²) in [5.74, 6) is -1.32. The zero-order valence-electron chi connectivity index (χ0n) is 10.8. The van der Waals surface area contributed by atoms with Crippen molar-refractivity contribution in [3.05, 3.63) is 35.9 Å². The van der Waals surface area contributed by atoms with Gasteiger partial charge in [0.25, 0.3) is 0 Å². The average molecular weight is 262 g/mol. The Morgan fingerprint density at radius 1 is 1.37 bits per heavy atom. The topological polar surface area (TPSA) is 78.4 Å². The Morgan fingerprint density at radius 3 is 2.58 bits per heavy atom. The second-order valence-corrected chi connectivity index (χ2v) is 5.02. The maximum Gasteiger partial charge on any atom is 0.330 e. The maximum atomic E-state index is 12.2. The van der Waals surface area contributed by atoms with Crippen molar-refractivity contribution in [2.45, 2.75) is 31.3 Å². The monoisotopic (exact) mass is 262 g/mol. The first-order valence-electron chi connectivity index (χ1n) is 6.37. The molecule has 1 fully saturated rings. The molecule has 1 aromatic carbocycles. The zero-order chi connectivity index (χ0) is 13.9. The van der Waals surface area contributed by atoms with E-state index in [1.807, 2.05) is 6.07 Å². The van der Waals surface area contributed by atoms with Gasteiger partial charge in [-0.3, -0.25) is 4.79 Å². The summed E-state index contributed by atoms with van der Waals surface area (Å²) in [7, 11) is 0. The van der Waals surface area contributed by atoms with Gasteiger partial charge in [-0.1, -0.05) is 30.3 Å². The number of carbonyl (C=O) groups is 2. The van der Waals surface area contributed by atoms with Gasteiger partial charge in [-0.15, -0.1) is 0 Å². The second-order valence-electron chi connectivity index (χ2n) is 5.02. The van der Waals surface area contributed by atoms with Crippen molar-refractivity contribution in [3.8, 4) is 0 Å². The van der Waals surface area contributed by atoms with Crippen LogP contribution in [0.4, 0.5) is 0 Å². The van der Waals surface area contributed by atoms with E-state index in [0.717, 1.165) is 19.4 Å². The van der Waals surface area contributed by atoms with Crippen LogP contribution in [0, 0.1) is 0 Å². The Labute approximate surface area is 112 Å². The van der Waals surface area contributed by atoms with Gasteiger partial charge in [-0.05, 0) is 31.9 Å². The number of rotatable bonds is 4. The molecule has 0 aliphatic carbocycles. The molecule has 1 aromatic rings. The Bertz CT molecular complexity index is 467. The van der Waals surface area contributed by atoms with E-state index in [9.17, 15) is 14.7 Å². The van der Waals surface area contributed by atoms with Crippen molar-refractivity contribution in [2.75, 3.05) is 6.54 Å². The average Bonchev–Trinajstić information content (AvgIpc) is 2.84. The van der Waals surface area contributed by atoms with Crippen LogP contribution in [0.1, 0.15) is 31.4 Å². The van der Waals surface area contributed by atoms with Crippen LogP contribution in [-0.4, -0.2) is 29.1 Å². The van der Waals surface area contributed by atoms with E-state index < -0.39 is 17.6 Å². The standard InChI is InChI=1S/C14H18N2O3/c1-14(8-5-9-15-14)13(19)16-11(12(17)18)10-6-3-2-4-7-10/h2-4,6-7,11,15H,5,8-9H2,1H3,(H,16,19)(H,17,18)/t11-,14?/m0/s1. The maximum absolute atomic E-state index is 12.2. The molecule has 5 nitrogen and oxygen atoms in total. The zero-order valence-corrected chi connectivity index (χ0v) is 10.8. The van der Waals surface area contributed by atoms with Crippen molar-refractivity contribution in [1.29, 1.82) is 0 Å². The molecular formula is C14H18N2O3. The third kappa shape index (κ3) is 2.93. The number of hydrogen-bond acceptors (Lipinski definition) is 3. The number of carboxylic acids is 1. The van der Waals surface area contributed by atoms with Gasteiger partial charge in [0.05, 0.1) is 5.54 Å². The smallest absolute Gasteiger partial charge is 0.330 e. The summed E-state index contributed by atoms with van der Waals surface area (Å²) in [5, 5.41) is 15.0. The molecule has 0 aromatic heterocycles. The quantitative estimate of drug-likeness (QED) is 0.758. The molecule has 5 heteroatoms. The third-order valence-electron chi connectivity index (χ3n) is 3.53. The van der Waals surface area contributed by atoms with E-state index >= 15 is 0 Å². The first-order valence-corrected chi connectivity index (χ1v) is 6.37. The Hall–Kier alpha value is -1.88. The Morgan fingerprint density at radius 2 is 2.05 bits per heavy atom. The van der Waals surface area contributed by atoms with Gasteiger partial charge >= 0.3 is 5.97 Å². The predicted molar refractivity (Wildman–Crippen MR) is 70.6 cm³/mol. The molecule has 0 radical (unpaired) electrons. The lowest BCUT2D eigenvalue weighted by atomic mass is 9.98. The molecule has 0 saturated carbocycles. The third-order valence-corrected chi connectivity index (χ3v) is 3.53. The molecular weight excluding hydrogens is 244 g/mol. The summed E-state index contributed by atoms with van der Waals surface area (Å²) >= 11 is 0. The molecule has 102 valence electrons. The number of amides is 1. The summed E-state index contributed by atoms with van der Waals surface area (Å²) in [4.78, 5) is 23.5. The molecule has 3 N–H and O–H groups in total. The van der Waals surface area contributed by atoms with E-state index in [1.54, 1.807) is 31.2 Å². The molecule has 1 saturated heterocycles. The van der Waals surface area contributed by atoms with Gasteiger partial charge < -0.3 is 15.7 Å². The van der Waals surface area contributed by atoms with E-state index in [0.29, 0.717) is 5.56 Å². The van der Waals surface area contributed by atoms with Crippen LogP contribution in [0.2, 0.25) is 0 Å². The Balaban J connectivity index is 2.14. The number of aliphatic carboxylic acids is 1. The lowest BCUT2D eigenvalue weighted by molar-refractivity contribution is -0.143. The van der Waals surface area contributed by atoms with Crippen LogP contribution in [0.15, 0.2) is 30.3 Å². The van der Waals surface area contributed by atoms with E-state index in [-0.39, 0.29) is 5.91 Å². The minimum Gasteiger partial charge on any atom is -0.479 e. The van der Waals surface area contributed by atoms with Gasteiger partial charge in [0.15, 0.2) is 6.04 Å². The summed E-state index contributed by atoms with van der Waals surface area (Å²) in [5.41, 5.74) is -0.0902. The molecule has 1 amide bonds. The van der Waals surface area contributed by atoms with Crippen LogP contribution < -0.4 is 10.6 Å². The first-order chi connectivity index (χ1) is 9.03. The second kappa shape index (κ2) is 5.40. The molecule has 2 atom stereocenters. The summed E-state index contributed by atoms with van der Waals surface area (Å²) in [6.45, 7) is 2.59. The largest absolute Gasteiger partial charge is 0.479 e. The van der Waals surface area contributed by atoms with Gasteiger partial charge in [0, 0.05) is 0 Å². The fourth-order valence-corrected chi connectivity index (χ4v) is 2.31. The number of carbonyl (C=O) groups excluding carboxylic acids is 1. The Kier molecular flexibility index (Phi) is 3.85. The highest BCUT2D eigenvalue weighted by Gasteiger charge is 2.38. The molecule has 1 heterocycles. The van der Waals surface area contributed by atoms with Gasteiger partial charge in [-0.2, -0.15) is 0 Å². The molecule has 19 heavy (non-hydrogen) atoms. The summed E-state index contributed by atoms with van der Waals surface area (Å²) in [6.07, 6.45) is 1.65. The van der Waals surface area contributed by atoms with Crippen LogP contribution >= 0.6 is 0 Å². The van der Waals surface area contributed by atoms with E-state index in [1.165, 1.54) is 0 Å². The summed E-state index contributed by atoms with van der Waals surface area (Å²) < 4.78 is 0. The highest BCUT2D eigenvalue weighted by atomic mass is 16.4. The number of benzene rings is 1. The van der Waals surface area contributed by atoms with Gasteiger partial charge in [0.1, 0.15) is 0 Å². The molecule has 1 aliphatic rings. The molecule has 0 spiro atoms. The number of nitrogens with one attached hydrogen (secondary N) is 2. The molecule has 0 bridgehead atoms. The van der Waals surface area contributed by atoms with Crippen molar-refractivity contribution in [1.82, 2.24) is 10.6 Å². The molecule has 2 rings (SSSR count). The molecule has 1 aliphatic heterocycles. The van der Waals surface area contributed by atoms with E-state index in [4.69, 9.17) is 0 Å². The highest BCUT2D eigenvalue weighted by Crippen LogP contribution is 2.21. The summed E-state index contributed by atoms with van der Waals surface area (Å²) in [6, 6.07) is 7.71. The minimum absolute atomic E-state index is 0.263. The fraction of sp³-hybridized carbons (Fsp3) is 0.429.